The Kier molecular flexibility index (Phi) is 38.7. The van der Waals surface area contributed by atoms with Gasteiger partial charge >= 0.3 is 0 Å². The van der Waals surface area contributed by atoms with Crippen molar-refractivity contribution in [1.82, 2.24) is 69.9 Å². The van der Waals surface area contributed by atoms with E-state index in [-0.39, 0.29) is 88.4 Å². The van der Waals surface area contributed by atoms with Crippen molar-refractivity contribution in [3.05, 3.63) is 371 Å². The molecular formula is C106H98F5N29O10. The number of ether oxygens (including phenoxy) is 5. The number of H-pyrrole nitrogens is 1. The van der Waals surface area contributed by atoms with E-state index < -0.39 is 29.1 Å². The molecule has 0 aliphatic carbocycles. The number of hydrogen-bond acceptors (Lipinski definition) is 33. The first-order chi connectivity index (χ1) is 72.8. The van der Waals surface area contributed by atoms with Crippen molar-refractivity contribution < 1.29 is 69.6 Å². The highest BCUT2D eigenvalue weighted by atomic mass is 19.1. The number of carbonyl (C=O) groups excluding carboxylic acids is 5. The zero-order chi connectivity index (χ0) is 106. The van der Waals surface area contributed by atoms with Crippen molar-refractivity contribution >= 4 is 185 Å². The van der Waals surface area contributed by atoms with E-state index in [4.69, 9.17) is 23.7 Å². The quantitative estimate of drug-likeness (QED) is 0.00963. The average Bonchev–Trinajstić information content (AvgIpc) is 1.53. The molecule has 17 rings (SSSR count). The van der Waals surface area contributed by atoms with E-state index in [1.807, 2.05) is 85.1 Å². The van der Waals surface area contributed by atoms with Crippen LogP contribution < -0.4 is 88.6 Å². The van der Waals surface area contributed by atoms with Crippen LogP contribution in [0.25, 0.3) is 10.9 Å². The first-order valence-corrected chi connectivity index (χ1v) is 45.3. The molecule has 39 nitrogen and oxygen atoms in total. The third kappa shape index (κ3) is 32.9. The van der Waals surface area contributed by atoms with Crippen molar-refractivity contribution in [2.45, 2.75) is 13.1 Å². The Morgan fingerprint density at radius 2 is 0.720 bits per heavy atom. The highest BCUT2D eigenvalue weighted by Gasteiger charge is 2.20. The molecule has 762 valence electrons. The molecule has 0 spiro atoms. The number of halogens is 5. The number of benzene rings is 9. The number of para-hydroxylation sites is 1. The summed E-state index contributed by atoms with van der Waals surface area (Å²) >= 11 is 0. The molecule has 1 aliphatic heterocycles. The van der Waals surface area contributed by atoms with E-state index in [0.717, 1.165) is 87.8 Å². The molecule has 15 N–H and O–H groups in total. The summed E-state index contributed by atoms with van der Waals surface area (Å²) in [6.45, 7) is 19.8. The monoisotopic (exact) mass is 2030 g/mol. The number of hydrogen-bond donors (Lipinski definition) is 15. The second-order valence-electron chi connectivity index (χ2n) is 31.2. The van der Waals surface area contributed by atoms with Crippen LogP contribution in [0.1, 0.15) is 16.7 Å². The van der Waals surface area contributed by atoms with Crippen LogP contribution >= 0.6 is 0 Å². The SMILES string of the molecule is C=CC(=O)N(C)Cc1ccc(Nc2nc(Nc3ccccc3)ncc2F)cc1.C=CC(=O)Nc1cccc(Nc2nc(Nc3ccc(OCCOC)c(OCCOC)c3)ncc2F)c1.C=CC(=O)Nc1cccc(Nc2nc(Nc3ccc4c(c3)C=NC4)ncc2F)c1.C=CC(=O)Nc1cccc(Nc2nc(Nc3ccc4cn[nH]c4c3)ncc2F)c1.C=CC(=O)Nc1cccc(Nc2nc(Nc3ccnc(OC)c3)ncc2F)c1. The largest absolute Gasteiger partial charge is 0.487 e. The van der Waals surface area contributed by atoms with E-state index in [9.17, 15) is 45.9 Å². The van der Waals surface area contributed by atoms with Gasteiger partial charge in [0, 0.05) is 137 Å². The molecule has 44 heteroatoms. The molecule has 9 aromatic carbocycles. The summed E-state index contributed by atoms with van der Waals surface area (Å²) in [4.78, 5) is 108. The molecule has 1 aliphatic rings. The van der Waals surface area contributed by atoms with Gasteiger partial charge in [0.05, 0.1) is 69.6 Å². The Bertz CT molecular complexity index is 7510. The number of anilines is 24. The van der Waals surface area contributed by atoms with Crippen LogP contribution in [0.3, 0.4) is 0 Å². The van der Waals surface area contributed by atoms with Crippen molar-refractivity contribution in [2.75, 3.05) is 129 Å². The maximum Gasteiger partial charge on any atom is 0.247 e. The molecule has 16 aromatic rings. The lowest BCUT2D eigenvalue weighted by atomic mass is 10.1. The molecule has 8 heterocycles. The summed E-state index contributed by atoms with van der Waals surface area (Å²) in [6, 6.07) is 63.9. The van der Waals surface area contributed by atoms with Gasteiger partial charge in [0.25, 0.3) is 0 Å². The molecule has 0 radical (unpaired) electrons. The second-order valence-corrected chi connectivity index (χ2v) is 31.2. The second kappa shape index (κ2) is 54.2. The number of fused-ring (bicyclic) bond motifs is 2. The summed E-state index contributed by atoms with van der Waals surface area (Å²) in [5, 5.41) is 48.1. The van der Waals surface area contributed by atoms with E-state index in [2.05, 4.69) is 177 Å². The molecule has 150 heavy (non-hydrogen) atoms. The molecule has 0 atom stereocenters. The number of nitrogens with one attached hydrogen (secondary N) is 15. The summed E-state index contributed by atoms with van der Waals surface area (Å²) in [5.74, 6) is -1.98. The van der Waals surface area contributed by atoms with Crippen LogP contribution in [0.5, 0.6) is 17.4 Å². The average molecular weight is 2030 g/mol. The van der Waals surface area contributed by atoms with Gasteiger partial charge in [0.1, 0.15) is 13.2 Å². The normalized spacial score (nSPS) is 10.6. The predicted octanol–water partition coefficient (Wildman–Crippen LogP) is 20.4. The highest BCUT2D eigenvalue weighted by Crippen LogP contribution is 2.35. The Morgan fingerprint density at radius 3 is 1.14 bits per heavy atom. The number of carbonyl (C=O) groups is 5. The van der Waals surface area contributed by atoms with Crippen LogP contribution in [0.15, 0.2) is 330 Å². The minimum atomic E-state index is -0.647. The first-order valence-electron chi connectivity index (χ1n) is 45.3. The minimum Gasteiger partial charge on any atom is -0.487 e. The Morgan fingerprint density at radius 1 is 0.360 bits per heavy atom. The van der Waals surface area contributed by atoms with Gasteiger partial charge in [-0.2, -0.15) is 30.0 Å². The van der Waals surface area contributed by atoms with Crippen molar-refractivity contribution in [1.29, 1.82) is 0 Å². The number of likely N-dealkylation sites (N-methyl/N-ethyl adjacent to an activating group) is 1. The minimum absolute atomic E-state index is 0.00249. The van der Waals surface area contributed by atoms with E-state index in [0.29, 0.717) is 119 Å². The Hall–Kier alpha value is -20.3. The van der Waals surface area contributed by atoms with Crippen LogP contribution in [0.2, 0.25) is 0 Å². The number of aliphatic imine (C=N–C) groups is 1. The molecule has 0 saturated carbocycles. The lowest BCUT2D eigenvalue weighted by molar-refractivity contribution is -0.125. The van der Waals surface area contributed by atoms with Gasteiger partial charge in [-0.05, 0) is 193 Å². The lowest BCUT2D eigenvalue weighted by Gasteiger charge is -2.15. The molecule has 5 amide bonds. The van der Waals surface area contributed by atoms with Gasteiger partial charge in [0.2, 0.25) is 65.2 Å². The number of aromatic nitrogens is 13. The molecule has 0 bridgehead atoms. The molecule has 0 fully saturated rings. The van der Waals surface area contributed by atoms with Crippen LogP contribution in [-0.2, 0) is 46.5 Å². The number of rotatable bonds is 40. The first kappa shape index (κ1) is 107. The summed E-state index contributed by atoms with van der Waals surface area (Å²) in [7, 11) is 6.39. The van der Waals surface area contributed by atoms with Gasteiger partial charge in [-0.3, -0.25) is 34.1 Å². The number of nitrogens with zero attached hydrogens (tertiary/aromatic N) is 14. The standard InChI is InChI=1S/C25H28FN5O5.C21H17FN6O.C21H20FN5O.C20H16FN7O.C19H17FN6O2/c1-4-23(32)28-17-6-5-7-18(14-17)29-24-20(26)16-27-25(31-24)30-19-8-9-21(35-12-10-33-2)22(15-19)36-13-11-34-3;1-2-19(29)25-15-4-3-5-16(9-15)26-20-18(22)12-24-21(28-20)27-17-7-6-13-10-23-11-14(13)8-17;1-3-19(28)27(2)14-15-9-11-17(12-10-15)24-20-18(22)13-23-21(26-20)25-16-7-5-4-6-8-16;1-2-18(29)24-13-4-3-5-14(8-13)25-19-16(21)11-22-20(27-19)26-15-7-6-12-10-23-28-17(12)9-15;1-3-16(27)23-12-5-4-6-13(9-12)24-18-15(20)11-22-19(26-18)25-14-7-8-21-17(10-14)28-2/h4-9,14-16H,1,10-13H2,2-3H3,(H,28,32)(H2,27,29,30,31);2-9,11-12H,1,10H2,(H,25,29)(H2,24,26,27,28);3-13H,1,14H2,2H3,(H2,23,24,25,26);2-11H,1H2,(H,23,28)(H,24,29)(H2,22,25,26,27);3-11H,1H2,2H3,(H,23,27)(H2,21,22,24,25,26). The molecular weight excluding hydrogens is 1930 g/mol. The molecule has 0 unspecified atom stereocenters. The Balaban J connectivity index is 0.000000157. The van der Waals surface area contributed by atoms with Crippen molar-refractivity contribution in [3.8, 4) is 17.4 Å². The van der Waals surface area contributed by atoms with Gasteiger partial charge in [0.15, 0.2) is 69.7 Å². The number of pyridine rings is 1. The topological polar surface area (TPSA) is 486 Å². The van der Waals surface area contributed by atoms with Crippen molar-refractivity contribution in [2.24, 2.45) is 4.99 Å². The van der Waals surface area contributed by atoms with Crippen LogP contribution in [0.4, 0.5) is 160 Å². The maximum absolute atomic E-state index is 14.4. The number of aromatic amines is 1. The lowest BCUT2D eigenvalue weighted by Crippen LogP contribution is -2.23. The predicted molar refractivity (Wildman–Crippen MR) is 569 cm³/mol. The fraction of sp³-hybridized carbons (Fsp3) is 0.0943. The summed E-state index contributed by atoms with van der Waals surface area (Å²) in [6.07, 6.45) is 16.4. The third-order valence-electron chi connectivity index (χ3n) is 20.3. The maximum atomic E-state index is 14.4. The van der Waals surface area contributed by atoms with E-state index >= 15 is 0 Å². The number of methoxy groups -OCH3 is 3. The van der Waals surface area contributed by atoms with Crippen LogP contribution in [0, 0.1) is 29.1 Å². The zero-order valence-electron chi connectivity index (χ0n) is 80.8. The van der Waals surface area contributed by atoms with Gasteiger partial charge in [-0.1, -0.05) is 93.6 Å². The molecule has 0 saturated heterocycles. The highest BCUT2D eigenvalue weighted by molar-refractivity contribution is 6.01. The fourth-order valence-corrected chi connectivity index (χ4v) is 13.2. The summed E-state index contributed by atoms with van der Waals surface area (Å²) < 4.78 is 97.7. The van der Waals surface area contributed by atoms with E-state index in [1.54, 1.807) is 178 Å². The van der Waals surface area contributed by atoms with E-state index in [1.165, 1.54) is 25.3 Å². The van der Waals surface area contributed by atoms with Gasteiger partial charge in [-0.25, -0.2) is 51.9 Å². The smallest absolute Gasteiger partial charge is 0.247 e. The van der Waals surface area contributed by atoms with Gasteiger partial charge < -0.3 is 103 Å². The van der Waals surface area contributed by atoms with Crippen molar-refractivity contribution in [3.63, 3.8) is 0 Å². The summed E-state index contributed by atoms with van der Waals surface area (Å²) in [5.41, 5.74) is 12.5. The Labute approximate surface area is 855 Å². The fourth-order valence-electron chi connectivity index (χ4n) is 13.2. The third-order valence-corrected chi connectivity index (χ3v) is 20.3. The van der Waals surface area contributed by atoms with Gasteiger partial charge in [-0.15, -0.1) is 0 Å². The van der Waals surface area contributed by atoms with Crippen LogP contribution in [-0.4, -0.2) is 160 Å². The molecule has 7 aromatic heterocycles. The zero-order valence-corrected chi connectivity index (χ0v) is 80.8. The number of amides is 5.